The van der Waals surface area contributed by atoms with Gasteiger partial charge in [-0.2, -0.15) is 0 Å². The molecule has 0 radical (unpaired) electrons. The van der Waals surface area contributed by atoms with E-state index in [1.54, 1.807) is 0 Å². The second kappa shape index (κ2) is 5.34. The molecular formula is C13H15BrSi. The van der Waals surface area contributed by atoms with E-state index in [1.807, 2.05) is 30.4 Å². The first kappa shape index (κ1) is 12.3. The minimum atomic E-state index is -1.23. The average molecular weight is 279 g/mol. The van der Waals surface area contributed by atoms with E-state index in [0.717, 1.165) is 4.47 Å². The van der Waals surface area contributed by atoms with Crippen molar-refractivity contribution in [1.82, 2.24) is 0 Å². The largest absolute Gasteiger partial charge is 0.129 e. The number of rotatable bonds is 1. The maximum atomic E-state index is 3.50. The van der Waals surface area contributed by atoms with Crippen LogP contribution >= 0.6 is 15.9 Å². The molecule has 0 aliphatic rings. The molecule has 0 aromatic heterocycles. The Balaban J connectivity index is 2.74. The van der Waals surface area contributed by atoms with Crippen LogP contribution in [0.2, 0.25) is 19.6 Å². The molecule has 0 atom stereocenters. The van der Waals surface area contributed by atoms with Crippen molar-refractivity contribution in [3.8, 4) is 11.5 Å². The van der Waals surface area contributed by atoms with E-state index in [-0.39, 0.29) is 0 Å². The van der Waals surface area contributed by atoms with Crippen LogP contribution in [0, 0.1) is 11.5 Å². The molecule has 0 amide bonds. The van der Waals surface area contributed by atoms with Gasteiger partial charge in [0.05, 0.1) is 0 Å². The summed E-state index contributed by atoms with van der Waals surface area (Å²) in [6.07, 6.45) is 3.97. The smallest absolute Gasteiger partial charge is 0.127 e. The molecule has 78 valence electrons. The number of hydrogen-bond donors (Lipinski definition) is 0. The van der Waals surface area contributed by atoms with E-state index in [2.05, 4.69) is 53.1 Å². The first-order valence-corrected chi connectivity index (χ1v) is 9.22. The van der Waals surface area contributed by atoms with Crippen LogP contribution in [0.15, 0.2) is 34.8 Å². The van der Waals surface area contributed by atoms with Gasteiger partial charge in [0.25, 0.3) is 0 Å². The summed E-state index contributed by atoms with van der Waals surface area (Å²) in [6, 6.07) is 8.13. The molecule has 0 spiro atoms. The molecule has 15 heavy (non-hydrogen) atoms. The monoisotopic (exact) mass is 278 g/mol. The van der Waals surface area contributed by atoms with Crippen molar-refractivity contribution < 1.29 is 0 Å². The Morgan fingerprint density at radius 3 is 2.47 bits per heavy atom. The highest BCUT2D eigenvalue weighted by molar-refractivity contribution is 9.10. The molecule has 0 unspecified atom stereocenters. The normalized spacial score (nSPS) is 11.2. The van der Waals surface area contributed by atoms with Gasteiger partial charge in [0.1, 0.15) is 8.07 Å². The van der Waals surface area contributed by atoms with Gasteiger partial charge in [-0.15, -0.1) is 5.54 Å². The van der Waals surface area contributed by atoms with Gasteiger partial charge in [-0.3, -0.25) is 0 Å². The second-order valence-electron chi connectivity index (χ2n) is 4.37. The number of hydrogen-bond acceptors (Lipinski definition) is 0. The molecule has 0 aliphatic heterocycles. The molecule has 2 heteroatoms. The Kier molecular flexibility index (Phi) is 4.38. The lowest BCUT2D eigenvalue weighted by molar-refractivity contribution is 1.60. The lowest BCUT2D eigenvalue weighted by Crippen LogP contribution is -2.16. The summed E-state index contributed by atoms with van der Waals surface area (Å²) in [5.74, 6) is 3.11. The summed E-state index contributed by atoms with van der Waals surface area (Å²) < 4.78 is 1.11. The van der Waals surface area contributed by atoms with Crippen LogP contribution in [0.4, 0.5) is 0 Å². The fraction of sp³-hybridized carbons (Fsp3) is 0.231. The number of allylic oxidation sites excluding steroid dienone is 1. The Morgan fingerprint density at radius 2 is 1.87 bits per heavy atom. The highest BCUT2D eigenvalue weighted by Gasteiger charge is 2.06. The zero-order valence-electron chi connectivity index (χ0n) is 9.34. The van der Waals surface area contributed by atoms with Crippen LogP contribution in [0.3, 0.4) is 0 Å². The summed E-state index contributed by atoms with van der Waals surface area (Å²) in [7, 11) is -1.23. The Hall–Kier alpha value is -0.783. The molecule has 0 saturated carbocycles. The highest BCUT2D eigenvalue weighted by atomic mass is 79.9. The highest BCUT2D eigenvalue weighted by Crippen LogP contribution is 2.16. The van der Waals surface area contributed by atoms with E-state index in [9.17, 15) is 0 Å². The predicted molar refractivity (Wildman–Crippen MR) is 74.3 cm³/mol. The number of benzene rings is 1. The van der Waals surface area contributed by atoms with Crippen LogP contribution in [0.5, 0.6) is 0 Å². The molecular weight excluding hydrogens is 264 g/mol. The Bertz CT molecular complexity index is 416. The third-order valence-corrected chi connectivity index (χ3v) is 3.32. The average Bonchev–Trinajstić information content (AvgIpc) is 2.13. The first-order chi connectivity index (χ1) is 6.99. The van der Waals surface area contributed by atoms with Gasteiger partial charge in [-0.25, -0.2) is 0 Å². The summed E-state index contributed by atoms with van der Waals surface area (Å²) >= 11 is 3.50. The minimum Gasteiger partial charge on any atom is -0.127 e. The Morgan fingerprint density at radius 1 is 1.20 bits per heavy atom. The van der Waals surface area contributed by atoms with Gasteiger partial charge in [0, 0.05) is 4.47 Å². The molecule has 0 nitrogen and oxygen atoms in total. The quantitative estimate of drug-likeness (QED) is 0.530. The van der Waals surface area contributed by atoms with Crippen molar-refractivity contribution in [3.05, 3.63) is 40.4 Å². The van der Waals surface area contributed by atoms with E-state index in [0.29, 0.717) is 0 Å². The zero-order valence-corrected chi connectivity index (χ0v) is 11.9. The van der Waals surface area contributed by atoms with Crippen molar-refractivity contribution >= 4 is 30.1 Å². The van der Waals surface area contributed by atoms with Gasteiger partial charge >= 0.3 is 0 Å². The third-order valence-electron chi connectivity index (χ3n) is 1.70. The maximum absolute atomic E-state index is 3.50. The van der Waals surface area contributed by atoms with Crippen LogP contribution in [0.25, 0.3) is 6.08 Å². The SMILES string of the molecule is C[Si](C)(C)C#C/C=C\c1ccccc1Br. The summed E-state index contributed by atoms with van der Waals surface area (Å²) in [6.45, 7) is 6.73. The van der Waals surface area contributed by atoms with Crippen LogP contribution in [-0.2, 0) is 0 Å². The second-order valence-corrected chi connectivity index (χ2v) is 9.98. The van der Waals surface area contributed by atoms with Crippen LogP contribution < -0.4 is 0 Å². The van der Waals surface area contributed by atoms with Crippen molar-refractivity contribution in [3.63, 3.8) is 0 Å². The van der Waals surface area contributed by atoms with E-state index >= 15 is 0 Å². The van der Waals surface area contributed by atoms with Crippen LogP contribution in [-0.4, -0.2) is 8.07 Å². The van der Waals surface area contributed by atoms with Crippen molar-refractivity contribution in [1.29, 1.82) is 0 Å². The molecule has 1 aromatic carbocycles. The molecule has 1 aromatic rings. The Labute approximate surface area is 102 Å². The maximum Gasteiger partial charge on any atom is 0.129 e. The summed E-state index contributed by atoms with van der Waals surface area (Å²) in [4.78, 5) is 0. The lowest BCUT2D eigenvalue weighted by atomic mass is 10.2. The van der Waals surface area contributed by atoms with Gasteiger partial charge in [-0.1, -0.05) is 59.7 Å². The van der Waals surface area contributed by atoms with Crippen molar-refractivity contribution in [2.75, 3.05) is 0 Å². The number of halogens is 1. The first-order valence-electron chi connectivity index (χ1n) is 4.93. The summed E-state index contributed by atoms with van der Waals surface area (Å²) in [5, 5.41) is 0. The third kappa shape index (κ3) is 5.01. The molecule has 0 heterocycles. The fourth-order valence-corrected chi connectivity index (χ4v) is 1.93. The van der Waals surface area contributed by atoms with Crippen molar-refractivity contribution in [2.45, 2.75) is 19.6 Å². The van der Waals surface area contributed by atoms with Crippen molar-refractivity contribution in [2.24, 2.45) is 0 Å². The van der Waals surface area contributed by atoms with Crippen LogP contribution in [0.1, 0.15) is 5.56 Å². The minimum absolute atomic E-state index is 1.11. The van der Waals surface area contributed by atoms with E-state index in [4.69, 9.17) is 0 Å². The lowest BCUT2D eigenvalue weighted by Gasteiger charge is -2.02. The standard InChI is InChI=1S/C13H15BrSi/c1-15(2,3)11-7-6-9-12-8-4-5-10-13(12)14/h4-6,8-10H,1-3H3/b9-6-. The van der Waals surface area contributed by atoms with Gasteiger partial charge in [-0.05, 0) is 23.8 Å². The summed E-state index contributed by atoms with van der Waals surface area (Å²) in [5.41, 5.74) is 4.47. The van der Waals surface area contributed by atoms with Gasteiger partial charge in [0.15, 0.2) is 0 Å². The van der Waals surface area contributed by atoms with Gasteiger partial charge < -0.3 is 0 Å². The molecule has 0 N–H and O–H groups in total. The zero-order chi connectivity index (χ0) is 11.3. The van der Waals surface area contributed by atoms with Gasteiger partial charge in [0.2, 0.25) is 0 Å². The predicted octanol–water partition coefficient (Wildman–Crippen LogP) is 4.34. The topological polar surface area (TPSA) is 0 Å². The molecule has 0 saturated heterocycles. The van der Waals surface area contributed by atoms with E-state index in [1.165, 1.54) is 5.56 Å². The molecule has 0 bridgehead atoms. The molecule has 1 rings (SSSR count). The van der Waals surface area contributed by atoms with E-state index < -0.39 is 8.07 Å². The molecule has 0 aliphatic carbocycles. The molecule has 0 fully saturated rings. The fourth-order valence-electron chi connectivity index (χ4n) is 1.000.